The number of carbonyl (C=O) groups is 2. The Morgan fingerprint density at radius 2 is 1.74 bits per heavy atom. The maximum Gasteiger partial charge on any atom is 0.251 e. The van der Waals surface area contributed by atoms with E-state index in [1.54, 1.807) is 52.8 Å². The van der Waals surface area contributed by atoms with E-state index >= 15 is 0 Å². The van der Waals surface area contributed by atoms with Gasteiger partial charge in [0.1, 0.15) is 18.2 Å². The van der Waals surface area contributed by atoms with E-state index in [2.05, 4.69) is 5.32 Å². The van der Waals surface area contributed by atoms with Gasteiger partial charge in [-0.15, -0.1) is 0 Å². The molecule has 0 aliphatic rings. The molecule has 3 aromatic rings. The van der Waals surface area contributed by atoms with Crippen LogP contribution in [0.4, 0.5) is 10.1 Å². The van der Waals surface area contributed by atoms with Crippen molar-refractivity contribution in [3.8, 4) is 0 Å². The summed E-state index contributed by atoms with van der Waals surface area (Å²) in [5.41, 5.74) is 13.9. The van der Waals surface area contributed by atoms with Crippen LogP contribution in [0.1, 0.15) is 27.0 Å². The molecule has 0 radical (unpaired) electrons. The molecule has 0 atom stereocenters. The summed E-state index contributed by atoms with van der Waals surface area (Å²) in [7, 11) is 0. The molecular formula is C24H23ClFN5O2S. The van der Waals surface area contributed by atoms with E-state index in [0.717, 1.165) is 11.1 Å². The first-order chi connectivity index (χ1) is 16.2. The zero-order chi connectivity index (χ0) is 24.7. The average Bonchev–Trinajstić information content (AvgIpc) is 2.80. The Labute approximate surface area is 205 Å². The van der Waals surface area contributed by atoms with Crippen molar-refractivity contribution in [1.82, 2.24) is 5.32 Å². The molecule has 2 amide bonds. The summed E-state index contributed by atoms with van der Waals surface area (Å²) in [4.78, 5) is 24.4. The summed E-state index contributed by atoms with van der Waals surface area (Å²) in [6.07, 6.45) is 0. The van der Waals surface area contributed by atoms with E-state index in [1.807, 2.05) is 0 Å². The first kappa shape index (κ1) is 25.1. The number of nitrogens with one attached hydrogen (secondary N) is 2. The molecule has 0 fully saturated rings. The number of primary amides is 1. The molecule has 0 heterocycles. The van der Waals surface area contributed by atoms with Crippen LogP contribution in [0.15, 0.2) is 66.7 Å². The van der Waals surface area contributed by atoms with E-state index in [0.29, 0.717) is 27.6 Å². The number of rotatable bonds is 10. The molecular weight excluding hydrogens is 477 g/mol. The second kappa shape index (κ2) is 11.5. The van der Waals surface area contributed by atoms with E-state index in [1.165, 1.54) is 30.1 Å². The van der Waals surface area contributed by atoms with Gasteiger partial charge in [-0.2, -0.15) is 0 Å². The number of nitrogen functional groups attached to an aromatic ring is 1. The summed E-state index contributed by atoms with van der Waals surface area (Å²) in [6, 6.07) is 17.9. The second-order valence-electron chi connectivity index (χ2n) is 7.40. The number of hydrogen-bond donors (Lipinski definition) is 4. The number of nitrogens with two attached hydrogens (primary N) is 2. The number of carbonyl (C=O) groups excluding carboxylic acids is 2. The number of amidine groups is 1. The second-order valence-corrected chi connectivity index (χ2v) is 8.82. The molecule has 0 spiro atoms. The van der Waals surface area contributed by atoms with Gasteiger partial charge in [-0.3, -0.25) is 15.0 Å². The minimum Gasteiger partial charge on any atom is -0.384 e. The van der Waals surface area contributed by atoms with Crippen LogP contribution in [0.5, 0.6) is 0 Å². The molecule has 7 nitrogen and oxygen atoms in total. The third-order valence-corrected chi connectivity index (χ3v) is 6.06. The fourth-order valence-electron chi connectivity index (χ4n) is 3.07. The highest BCUT2D eigenvalue weighted by molar-refractivity contribution is 7.99. The topological polar surface area (TPSA) is 125 Å². The normalized spacial score (nSPS) is 10.5. The number of hydrogen-bond acceptors (Lipinski definition) is 5. The highest BCUT2D eigenvalue weighted by Gasteiger charge is 2.16. The first-order valence-electron chi connectivity index (χ1n) is 10.2. The Morgan fingerprint density at radius 1 is 1.00 bits per heavy atom. The van der Waals surface area contributed by atoms with Crippen LogP contribution in [0.2, 0.25) is 5.02 Å². The van der Waals surface area contributed by atoms with Crippen molar-refractivity contribution < 1.29 is 14.0 Å². The average molecular weight is 500 g/mol. The maximum atomic E-state index is 13.5. The molecule has 176 valence electrons. The van der Waals surface area contributed by atoms with Gasteiger partial charge in [-0.05, 0) is 53.4 Å². The largest absolute Gasteiger partial charge is 0.384 e. The standard InChI is InChI=1S/C24H23ClFN5O2S/c25-19-9-18(24(33)30-12-15-4-6-17(7-5-15)23(28)29)10-21(11-19)31(13-22(27)32)34-14-16-2-1-3-20(26)8-16/h1-11H,12-14H2,(H2,27,32)(H3,28,29)(H,30,33). The number of halogens is 2. The van der Waals surface area contributed by atoms with Crippen molar-refractivity contribution in [1.29, 1.82) is 5.41 Å². The smallest absolute Gasteiger partial charge is 0.251 e. The van der Waals surface area contributed by atoms with E-state index in [-0.39, 0.29) is 30.6 Å². The van der Waals surface area contributed by atoms with Gasteiger partial charge in [-0.25, -0.2) is 4.39 Å². The van der Waals surface area contributed by atoms with Gasteiger partial charge in [0, 0.05) is 34.1 Å². The van der Waals surface area contributed by atoms with Crippen LogP contribution in [0.25, 0.3) is 0 Å². The van der Waals surface area contributed by atoms with Crippen molar-refractivity contribution in [2.24, 2.45) is 11.5 Å². The van der Waals surface area contributed by atoms with Crippen LogP contribution in [-0.2, 0) is 17.1 Å². The Balaban J connectivity index is 1.73. The summed E-state index contributed by atoms with van der Waals surface area (Å²) < 4.78 is 15.1. The molecule has 0 saturated heterocycles. The Kier molecular flexibility index (Phi) is 8.50. The van der Waals surface area contributed by atoms with Crippen LogP contribution in [0, 0.1) is 11.2 Å². The number of benzene rings is 3. The molecule has 0 unspecified atom stereocenters. The van der Waals surface area contributed by atoms with Crippen molar-refractivity contribution >= 4 is 46.9 Å². The molecule has 6 N–H and O–H groups in total. The van der Waals surface area contributed by atoms with Crippen molar-refractivity contribution in [3.05, 3.63) is 99.8 Å². The van der Waals surface area contributed by atoms with Crippen molar-refractivity contribution in [2.45, 2.75) is 12.3 Å². The van der Waals surface area contributed by atoms with E-state index in [9.17, 15) is 14.0 Å². The van der Waals surface area contributed by atoms with Gasteiger partial charge < -0.3 is 21.1 Å². The molecule has 0 saturated carbocycles. The fourth-order valence-corrected chi connectivity index (χ4v) is 4.25. The van der Waals surface area contributed by atoms with Crippen molar-refractivity contribution in [2.75, 3.05) is 10.8 Å². The SMILES string of the molecule is N=C(N)c1ccc(CNC(=O)c2cc(Cl)cc(N(CC(N)=O)SCc3cccc(F)c3)c2)cc1. The lowest BCUT2D eigenvalue weighted by molar-refractivity contribution is -0.116. The Bertz CT molecular complexity index is 1210. The number of anilines is 1. The van der Waals surface area contributed by atoms with Gasteiger partial charge in [-0.1, -0.05) is 48.0 Å². The lowest BCUT2D eigenvalue weighted by atomic mass is 10.1. The van der Waals surface area contributed by atoms with Gasteiger partial charge >= 0.3 is 0 Å². The molecule has 34 heavy (non-hydrogen) atoms. The van der Waals surface area contributed by atoms with Crippen LogP contribution >= 0.6 is 23.5 Å². The quantitative estimate of drug-likeness (QED) is 0.191. The number of amides is 2. The maximum absolute atomic E-state index is 13.5. The van der Waals surface area contributed by atoms with Crippen molar-refractivity contribution in [3.63, 3.8) is 0 Å². The predicted octanol–water partition coefficient (Wildman–Crippen LogP) is 3.83. The summed E-state index contributed by atoms with van der Waals surface area (Å²) in [5, 5.41) is 10.6. The molecule has 0 aromatic heterocycles. The molecule has 0 aliphatic carbocycles. The Morgan fingerprint density at radius 3 is 2.38 bits per heavy atom. The van der Waals surface area contributed by atoms with Gasteiger partial charge in [0.2, 0.25) is 5.91 Å². The van der Waals surface area contributed by atoms with E-state index < -0.39 is 5.91 Å². The molecule has 10 heteroatoms. The fraction of sp³-hybridized carbons (Fsp3) is 0.125. The third kappa shape index (κ3) is 7.23. The van der Waals surface area contributed by atoms with Gasteiger partial charge in [0.25, 0.3) is 5.91 Å². The van der Waals surface area contributed by atoms with Gasteiger partial charge in [0.15, 0.2) is 0 Å². The van der Waals surface area contributed by atoms with Crippen LogP contribution in [-0.4, -0.2) is 24.2 Å². The summed E-state index contributed by atoms with van der Waals surface area (Å²) in [5.74, 6) is -0.912. The first-order valence-corrected chi connectivity index (χ1v) is 11.5. The van der Waals surface area contributed by atoms with E-state index in [4.69, 9.17) is 28.5 Å². The highest BCUT2D eigenvalue weighted by Crippen LogP contribution is 2.29. The molecule has 0 aliphatic heterocycles. The lowest BCUT2D eigenvalue weighted by Crippen LogP contribution is -2.29. The predicted molar refractivity (Wildman–Crippen MR) is 134 cm³/mol. The van der Waals surface area contributed by atoms with Gasteiger partial charge in [0.05, 0.1) is 0 Å². The summed E-state index contributed by atoms with van der Waals surface area (Å²) in [6.45, 7) is 0.141. The highest BCUT2D eigenvalue weighted by atomic mass is 35.5. The minimum atomic E-state index is -0.563. The zero-order valence-corrected chi connectivity index (χ0v) is 19.6. The molecule has 0 bridgehead atoms. The molecule has 3 rings (SSSR count). The Hall–Kier alpha value is -3.56. The summed E-state index contributed by atoms with van der Waals surface area (Å²) >= 11 is 7.52. The zero-order valence-electron chi connectivity index (χ0n) is 18.1. The monoisotopic (exact) mass is 499 g/mol. The lowest BCUT2D eigenvalue weighted by Gasteiger charge is -2.23. The molecule has 3 aromatic carbocycles. The third-order valence-electron chi connectivity index (χ3n) is 4.73. The minimum absolute atomic E-state index is 0.0298. The van der Waals surface area contributed by atoms with Crippen LogP contribution < -0.4 is 21.1 Å². The number of nitrogens with zero attached hydrogens (tertiary/aromatic N) is 1. The van der Waals surface area contributed by atoms with Crippen LogP contribution in [0.3, 0.4) is 0 Å².